The van der Waals surface area contributed by atoms with Gasteiger partial charge in [-0.1, -0.05) is 22.9 Å². The molecule has 0 fully saturated rings. The second kappa shape index (κ2) is 6.64. The summed E-state index contributed by atoms with van der Waals surface area (Å²) in [5, 5.41) is 0. The first kappa shape index (κ1) is 14.8. The van der Waals surface area contributed by atoms with E-state index in [1.54, 1.807) is 0 Å². The minimum absolute atomic E-state index is 0.318. The van der Waals surface area contributed by atoms with Crippen LogP contribution in [0.1, 0.15) is 19.4 Å². The van der Waals surface area contributed by atoms with Crippen LogP contribution in [0.5, 0.6) is 17.2 Å². The molecule has 0 spiro atoms. The lowest BCUT2D eigenvalue weighted by molar-refractivity contribution is -0.132. The van der Waals surface area contributed by atoms with Crippen LogP contribution in [-0.4, -0.2) is 25.0 Å². The summed E-state index contributed by atoms with van der Waals surface area (Å²) in [5.41, 5.74) is 1.05. The van der Waals surface area contributed by atoms with Gasteiger partial charge in [-0.05, 0) is 24.1 Å². The lowest BCUT2D eigenvalue weighted by Crippen LogP contribution is -2.06. The Morgan fingerprint density at radius 2 is 1.78 bits per heavy atom. The van der Waals surface area contributed by atoms with Crippen molar-refractivity contribution in [2.75, 3.05) is 14.2 Å². The summed E-state index contributed by atoms with van der Waals surface area (Å²) in [5.74, 6) is 0.895. The third-order valence-electron chi connectivity index (χ3n) is 2.28. The molecule has 0 aliphatic rings. The summed E-state index contributed by atoms with van der Waals surface area (Å²) in [7, 11) is 3.06. The molecule has 0 aromatic heterocycles. The molecule has 0 aliphatic carbocycles. The van der Waals surface area contributed by atoms with Crippen LogP contribution in [0.25, 0.3) is 0 Å². The van der Waals surface area contributed by atoms with Gasteiger partial charge in [0.2, 0.25) is 5.75 Å². The molecule has 0 radical (unpaired) electrons. The van der Waals surface area contributed by atoms with E-state index in [-0.39, 0.29) is 0 Å². The smallest absolute Gasteiger partial charge is 0.308 e. The highest BCUT2D eigenvalue weighted by Gasteiger charge is 2.16. The highest BCUT2D eigenvalue weighted by atomic mass is 79.9. The number of methoxy groups -OCH3 is 2. The van der Waals surface area contributed by atoms with Crippen molar-refractivity contribution in [2.45, 2.75) is 25.1 Å². The van der Waals surface area contributed by atoms with Crippen molar-refractivity contribution in [1.82, 2.24) is 0 Å². The molecule has 1 atom stereocenters. The first-order chi connectivity index (χ1) is 8.47. The van der Waals surface area contributed by atoms with Crippen molar-refractivity contribution in [3.8, 4) is 17.2 Å². The Morgan fingerprint density at radius 3 is 2.11 bits per heavy atom. The van der Waals surface area contributed by atoms with Crippen LogP contribution in [0.2, 0.25) is 0 Å². The second-order valence-corrected chi connectivity index (χ2v) is 5.47. The molecule has 0 amide bonds. The summed E-state index contributed by atoms with van der Waals surface area (Å²) in [6, 6.07) is 3.69. The Kier molecular flexibility index (Phi) is 5.47. The molecule has 0 saturated carbocycles. The van der Waals surface area contributed by atoms with Crippen molar-refractivity contribution in [3.63, 3.8) is 0 Å². The van der Waals surface area contributed by atoms with Gasteiger partial charge in [0.25, 0.3) is 0 Å². The first-order valence-electron chi connectivity index (χ1n) is 5.55. The van der Waals surface area contributed by atoms with Gasteiger partial charge in [-0.25, -0.2) is 0 Å². The summed E-state index contributed by atoms with van der Waals surface area (Å²) in [6.45, 7) is 3.40. The van der Waals surface area contributed by atoms with Crippen LogP contribution in [0.3, 0.4) is 0 Å². The fraction of sp³-hybridized carbons (Fsp3) is 0.462. The Labute approximate surface area is 115 Å². The number of halogens is 1. The number of hydrogen-bond acceptors (Lipinski definition) is 4. The molecule has 4 nitrogen and oxygen atoms in total. The molecular formula is C13H17BrO4. The molecule has 0 N–H and O–H groups in total. The highest BCUT2D eigenvalue weighted by Crippen LogP contribution is 2.39. The van der Waals surface area contributed by atoms with Crippen molar-refractivity contribution in [1.29, 1.82) is 0 Å². The molecule has 1 aromatic carbocycles. The largest absolute Gasteiger partial charge is 0.493 e. The van der Waals surface area contributed by atoms with Gasteiger partial charge >= 0.3 is 5.97 Å². The Balaban J connectivity index is 3.20. The molecule has 1 aromatic rings. The molecule has 0 bridgehead atoms. The molecule has 5 heteroatoms. The van der Waals surface area contributed by atoms with Crippen molar-refractivity contribution in [3.05, 3.63) is 17.7 Å². The highest BCUT2D eigenvalue weighted by molar-refractivity contribution is 9.09. The van der Waals surface area contributed by atoms with E-state index in [2.05, 4.69) is 22.9 Å². The normalized spacial score (nSPS) is 11.8. The van der Waals surface area contributed by atoms with E-state index in [4.69, 9.17) is 14.2 Å². The number of carbonyl (C=O) groups excluding carboxylic acids is 1. The minimum Gasteiger partial charge on any atom is -0.493 e. The monoisotopic (exact) mass is 316 g/mol. The van der Waals surface area contributed by atoms with Gasteiger partial charge in [-0.2, -0.15) is 0 Å². The second-order valence-electron chi connectivity index (χ2n) is 3.91. The first-order valence-corrected chi connectivity index (χ1v) is 6.46. The number of hydrogen-bond donors (Lipinski definition) is 0. The Hall–Kier alpha value is -1.23. The van der Waals surface area contributed by atoms with E-state index in [0.29, 0.717) is 22.1 Å². The van der Waals surface area contributed by atoms with Crippen molar-refractivity contribution in [2.24, 2.45) is 0 Å². The summed E-state index contributed by atoms with van der Waals surface area (Å²) >= 11 is 3.50. The Bertz CT molecular complexity index is 404. The predicted molar refractivity (Wildman–Crippen MR) is 72.9 cm³/mol. The van der Waals surface area contributed by atoms with Gasteiger partial charge in [0, 0.05) is 11.8 Å². The zero-order valence-corrected chi connectivity index (χ0v) is 12.5. The van der Waals surface area contributed by atoms with Crippen LogP contribution in [0.15, 0.2) is 12.1 Å². The van der Waals surface area contributed by atoms with Gasteiger partial charge in [0.05, 0.1) is 14.2 Å². The predicted octanol–water partition coefficient (Wildman–Crippen LogP) is 2.96. The molecule has 18 heavy (non-hydrogen) atoms. The zero-order chi connectivity index (χ0) is 13.7. The third kappa shape index (κ3) is 3.91. The topological polar surface area (TPSA) is 44.8 Å². The molecule has 0 heterocycles. The number of ether oxygens (including phenoxy) is 3. The van der Waals surface area contributed by atoms with Gasteiger partial charge in [-0.3, -0.25) is 4.79 Å². The number of alkyl halides is 1. The fourth-order valence-electron chi connectivity index (χ4n) is 1.62. The SMILES string of the molecule is COc1cc(CC(C)Br)cc(OC)c1OC(C)=O. The fourth-order valence-corrected chi connectivity index (χ4v) is 1.99. The Morgan fingerprint density at radius 1 is 1.28 bits per heavy atom. The third-order valence-corrected chi connectivity index (χ3v) is 2.61. The number of benzene rings is 1. The summed E-state index contributed by atoms with van der Waals surface area (Å²) in [4.78, 5) is 11.4. The maximum Gasteiger partial charge on any atom is 0.308 e. The van der Waals surface area contributed by atoms with Crippen LogP contribution < -0.4 is 14.2 Å². The molecule has 1 unspecified atom stereocenters. The van der Waals surface area contributed by atoms with Gasteiger partial charge in [-0.15, -0.1) is 0 Å². The van der Waals surface area contributed by atoms with Crippen LogP contribution >= 0.6 is 15.9 Å². The number of rotatable bonds is 5. The number of esters is 1. The van der Waals surface area contributed by atoms with Crippen LogP contribution in [-0.2, 0) is 11.2 Å². The molecule has 0 aliphatic heterocycles. The van der Waals surface area contributed by atoms with Crippen LogP contribution in [0.4, 0.5) is 0 Å². The van der Waals surface area contributed by atoms with E-state index in [0.717, 1.165) is 12.0 Å². The van der Waals surface area contributed by atoms with Crippen molar-refractivity contribution < 1.29 is 19.0 Å². The molecular weight excluding hydrogens is 300 g/mol. The van der Waals surface area contributed by atoms with E-state index in [1.807, 2.05) is 12.1 Å². The molecule has 100 valence electrons. The van der Waals surface area contributed by atoms with Crippen molar-refractivity contribution >= 4 is 21.9 Å². The average Bonchev–Trinajstić information content (AvgIpc) is 2.29. The van der Waals surface area contributed by atoms with Gasteiger partial charge < -0.3 is 14.2 Å². The molecule has 0 saturated heterocycles. The maximum atomic E-state index is 11.1. The van der Waals surface area contributed by atoms with E-state index in [9.17, 15) is 4.79 Å². The van der Waals surface area contributed by atoms with E-state index in [1.165, 1.54) is 21.1 Å². The quantitative estimate of drug-likeness (QED) is 0.476. The average molecular weight is 317 g/mol. The minimum atomic E-state index is -0.409. The lowest BCUT2D eigenvalue weighted by Gasteiger charge is -2.15. The number of carbonyl (C=O) groups is 1. The summed E-state index contributed by atoms with van der Waals surface area (Å²) < 4.78 is 15.6. The van der Waals surface area contributed by atoms with Crippen LogP contribution in [0, 0.1) is 0 Å². The van der Waals surface area contributed by atoms with Gasteiger partial charge in [0.1, 0.15) is 0 Å². The summed E-state index contributed by atoms with van der Waals surface area (Å²) in [6.07, 6.45) is 0.826. The standard InChI is InChI=1S/C13H17BrO4/c1-8(14)5-10-6-11(16-3)13(18-9(2)15)12(7-10)17-4/h6-8H,5H2,1-4H3. The lowest BCUT2D eigenvalue weighted by atomic mass is 10.1. The zero-order valence-electron chi connectivity index (χ0n) is 11.0. The van der Waals surface area contributed by atoms with E-state index < -0.39 is 5.97 Å². The molecule has 1 rings (SSSR count). The van der Waals surface area contributed by atoms with E-state index >= 15 is 0 Å². The van der Waals surface area contributed by atoms with Gasteiger partial charge in [0.15, 0.2) is 11.5 Å². The maximum absolute atomic E-state index is 11.1.